The number of benzene rings is 1. The van der Waals surface area contributed by atoms with Crippen LogP contribution in [0.25, 0.3) is 0 Å². The molecular formula is C10H10BrF4NO. The van der Waals surface area contributed by atoms with Gasteiger partial charge in [-0.05, 0) is 25.1 Å². The average Bonchev–Trinajstić information content (AvgIpc) is 2.18. The summed E-state index contributed by atoms with van der Waals surface area (Å²) in [5.74, 6) is -1.16. The first kappa shape index (κ1) is 14.4. The zero-order valence-corrected chi connectivity index (χ0v) is 10.3. The third-order valence-electron chi connectivity index (χ3n) is 2.43. The van der Waals surface area contributed by atoms with E-state index >= 15 is 0 Å². The van der Waals surface area contributed by atoms with E-state index in [0.717, 1.165) is 19.1 Å². The van der Waals surface area contributed by atoms with Crippen molar-refractivity contribution in [3.8, 4) is 0 Å². The van der Waals surface area contributed by atoms with Crippen molar-refractivity contribution >= 4 is 15.9 Å². The molecule has 0 aliphatic carbocycles. The number of nitrogens with two attached hydrogens (primary N) is 1. The fourth-order valence-electron chi connectivity index (χ4n) is 1.45. The van der Waals surface area contributed by atoms with E-state index in [0.29, 0.717) is 0 Å². The summed E-state index contributed by atoms with van der Waals surface area (Å²) < 4.78 is 52.2. The first-order valence-corrected chi connectivity index (χ1v) is 5.40. The molecule has 3 N–H and O–H groups in total. The van der Waals surface area contributed by atoms with Crippen molar-refractivity contribution in [2.45, 2.75) is 24.7 Å². The van der Waals surface area contributed by atoms with Gasteiger partial charge in [0.25, 0.3) is 0 Å². The van der Waals surface area contributed by atoms with Crippen molar-refractivity contribution in [2.24, 2.45) is 5.73 Å². The van der Waals surface area contributed by atoms with E-state index < -0.39 is 29.2 Å². The largest absolute Gasteiger partial charge is 0.423 e. The fraction of sp³-hybridized carbons (Fsp3) is 0.400. The summed E-state index contributed by atoms with van der Waals surface area (Å²) in [5.41, 5.74) is 0.846. The summed E-state index contributed by atoms with van der Waals surface area (Å²) in [7, 11) is 0. The Kier molecular flexibility index (Phi) is 3.85. The summed E-state index contributed by atoms with van der Waals surface area (Å²) in [6.07, 6.45) is -5.07. The van der Waals surface area contributed by atoms with Gasteiger partial charge in [-0.15, -0.1) is 0 Å². The zero-order chi connectivity index (χ0) is 13.4. The van der Waals surface area contributed by atoms with Crippen LogP contribution in [-0.4, -0.2) is 17.3 Å². The van der Waals surface area contributed by atoms with E-state index in [4.69, 9.17) is 5.73 Å². The lowest BCUT2D eigenvalue weighted by molar-refractivity contribution is -0.273. The zero-order valence-electron chi connectivity index (χ0n) is 8.72. The molecule has 2 nitrogen and oxygen atoms in total. The Labute approximate surface area is 104 Å². The lowest BCUT2D eigenvalue weighted by Gasteiger charge is -2.34. The highest BCUT2D eigenvalue weighted by molar-refractivity contribution is 9.10. The van der Waals surface area contributed by atoms with Gasteiger partial charge in [-0.3, -0.25) is 0 Å². The topological polar surface area (TPSA) is 46.2 Å². The molecular weight excluding hydrogens is 306 g/mol. The van der Waals surface area contributed by atoms with Crippen molar-refractivity contribution < 1.29 is 22.7 Å². The molecule has 0 aliphatic heterocycles. The van der Waals surface area contributed by atoms with Crippen LogP contribution in [0.15, 0.2) is 22.7 Å². The Hall–Kier alpha value is -0.660. The molecule has 0 saturated heterocycles. The molecule has 0 heterocycles. The Bertz CT molecular complexity index is 421. The maximum absolute atomic E-state index is 13.4. The van der Waals surface area contributed by atoms with E-state index in [9.17, 15) is 22.7 Å². The highest BCUT2D eigenvalue weighted by atomic mass is 79.9. The van der Waals surface area contributed by atoms with Gasteiger partial charge >= 0.3 is 6.18 Å². The van der Waals surface area contributed by atoms with Crippen LogP contribution in [0.5, 0.6) is 0 Å². The van der Waals surface area contributed by atoms with Gasteiger partial charge in [-0.25, -0.2) is 4.39 Å². The minimum atomic E-state index is -5.07. The Morgan fingerprint density at radius 1 is 1.35 bits per heavy atom. The van der Waals surface area contributed by atoms with Crippen molar-refractivity contribution in [2.75, 3.05) is 0 Å². The Morgan fingerprint density at radius 2 is 1.88 bits per heavy atom. The van der Waals surface area contributed by atoms with Crippen molar-refractivity contribution in [1.82, 2.24) is 0 Å². The quantitative estimate of drug-likeness (QED) is 0.824. The van der Waals surface area contributed by atoms with Crippen LogP contribution in [0.3, 0.4) is 0 Å². The summed E-state index contributed by atoms with van der Waals surface area (Å²) >= 11 is 2.92. The van der Waals surface area contributed by atoms with Crippen LogP contribution in [0.1, 0.15) is 12.5 Å². The second kappa shape index (κ2) is 4.55. The van der Waals surface area contributed by atoms with Gasteiger partial charge in [-0.1, -0.05) is 15.9 Å². The number of aliphatic hydroxyl groups is 1. The van der Waals surface area contributed by atoms with Gasteiger partial charge in [0.15, 0.2) is 0 Å². The van der Waals surface area contributed by atoms with Gasteiger partial charge in [0.05, 0.1) is 0 Å². The molecule has 0 bridgehead atoms. The number of rotatable bonds is 2. The minimum Gasteiger partial charge on any atom is -0.375 e. The van der Waals surface area contributed by atoms with E-state index in [1.165, 1.54) is 6.07 Å². The molecule has 0 amide bonds. The normalized spacial score (nSPS) is 17.6. The van der Waals surface area contributed by atoms with Crippen LogP contribution < -0.4 is 5.73 Å². The number of hydrogen-bond donors (Lipinski definition) is 2. The Balaban J connectivity index is 3.48. The third-order valence-corrected chi connectivity index (χ3v) is 2.92. The number of halogens is 5. The summed E-state index contributed by atoms with van der Waals surface area (Å²) in [6.45, 7) is 0.966. The average molecular weight is 316 g/mol. The van der Waals surface area contributed by atoms with Gasteiger partial charge < -0.3 is 10.8 Å². The highest BCUT2D eigenvalue weighted by Gasteiger charge is 2.58. The smallest absolute Gasteiger partial charge is 0.375 e. The van der Waals surface area contributed by atoms with Crippen molar-refractivity contribution in [1.29, 1.82) is 0 Å². The number of hydrogen-bond acceptors (Lipinski definition) is 2. The van der Waals surface area contributed by atoms with Gasteiger partial charge in [0, 0.05) is 16.1 Å². The molecule has 96 valence electrons. The monoisotopic (exact) mass is 315 g/mol. The van der Waals surface area contributed by atoms with Crippen LogP contribution in [0.4, 0.5) is 17.6 Å². The van der Waals surface area contributed by atoms with Crippen LogP contribution in [0.2, 0.25) is 0 Å². The molecule has 0 fully saturated rings. The molecule has 17 heavy (non-hydrogen) atoms. The first-order valence-electron chi connectivity index (χ1n) is 4.61. The minimum absolute atomic E-state index is 0.220. The highest BCUT2D eigenvalue weighted by Crippen LogP contribution is 2.42. The number of alkyl halides is 3. The molecule has 1 aromatic carbocycles. The third kappa shape index (κ3) is 2.46. The predicted octanol–water partition coefficient (Wildman–Crippen LogP) is 2.69. The molecule has 0 spiro atoms. The van der Waals surface area contributed by atoms with Gasteiger partial charge in [0.1, 0.15) is 5.82 Å². The first-order chi connectivity index (χ1) is 7.60. The molecule has 0 saturated carbocycles. The Morgan fingerprint density at radius 3 is 2.29 bits per heavy atom. The molecule has 1 rings (SSSR count). The summed E-state index contributed by atoms with van der Waals surface area (Å²) in [5, 5.41) is 9.69. The second-order valence-electron chi connectivity index (χ2n) is 3.68. The predicted molar refractivity (Wildman–Crippen MR) is 57.7 cm³/mol. The molecule has 0 aliphatic rings. The van der Waals surface area contributed by atoms with E-state index in [2.05, 4.69) is 15.9 Å². The van der Waals surface area contributed by atoms with E-state index in [1.807, 2.05) is 0 Å². The van der Waals surface area contributed by atoms with Crippen molar-refractivity contribution in [3.05, 3.63) is 34.1 Å². The maximum Gasteiger partial charge on any atom is 0.423 e. The SMILES string of the molecule is CC(N)C(O)(c1cc(Br)ccc1F)C(F)(F)F. The lowest BCUT2D eigenvalue weighted by atomic mass is 9.86. The maximum atomic E-state index is 13.4. The summed E-state index contributed by atoms with van der Waals surface area (Å²) in [4.78, 5) is 0. The fourth-order valence-corrected chi connectivity index (χ4v) is 1.81. The second-order valence-corrected chi connectivity index (χ2v) is 4.59. The molecule has 0 aromatic heterocycles. The van der Waals surface area contributed by atoms with Gasteiger partial charge in [0.2, 0.25) is 5.60 Å². The van der Waals surface area contributed by atoms with Crippen LogP contribution >= 0.6 is 15.9 Å². The van der Waals surface area contributed by atoms with Crippen LogP contribution in [-0.2, 0) is 5.60 Å². The lowest BCUT2D eigenvalue weighted by Crippen LogP contribution is -2.54. The molecule has 7 heteroatoms. The van der Waals surface area contributed by atoms with Gasteiger partial charge in [-0.2, -0.15) is 13.2 Å². The molecule has 2 unspecified atom stereocenters. The van der Waals surface area contributed by atoms with E-state index in [-0.39, 0.29) is 4.47 Å². The molecule has 2 atom stereocenters. The summed E-state index contributed by atoms with van der Waals surface area (Å²) in [6, 6.07) is 1.23. The van der Waals surface area contributed by atoms with Crippen LogP contribution in [0, 0.1) is 5.82 Å². The molecule has 0 radical (unpaired) electrons. The van der Waals surface area contributed by atoms with Crippen molar-refractivity contribution in [3.63, 3.8) is 0 Å². The standard InChI is InChI=1S/C10H10BrF4NO/c1-5(16)9(17,10(13,14)15)7-4-6(11)2-3-8(7)12/h2-5,17H,16H2,1H3. The van der Waals surface area contributed by atoms with E-state index in [1.54, 1.807) is 0 Å². The molecule has 1 aromatic rings.